The molecule has 106 valence electrons. The summed E-state index contributed by atoms with van der Waals surface area (Å²) in [6.07, 6.45) is 0. The molecule has 0 N–H and O–H groups in total. The summed E-state index contributed by atoms with van der Waals surface area (Å²) in [7, 11) is 0. The summed E-state index contributed by atoms with van der Waals surface area (Å²) in [6, 6.07) is 6.12. The average molecular weight is 302 g/mol. The number of nitrogens with zero attached hydrogens (tertiary/aromatic N) is 4. The van der Waals surface area contributed by atoms with Gasteiger partial charge in [-0.25, -0.2) is 9.37 Å². The Kier molecular flexibility index (Phi) is 3.34. The Labute approximate surface area is 124 Å². The molecule has 0 atom stereocenters. The van der Waals surface area contributed by atoms with Crippen molar-refractivity contribution < 1.29 is 9.18 Å². The molecule has 0 aliphatic rings. The van der Waals surface area contributed by atoms with Gasteiger partial charge in [0.1, 0.15) is 5.82 Å². The molecule has 3 aromatic rings. The Hall–Kier alpha value is -2.41. The van der Waals surface area contributed by atoms with Gasteiger partial charge < -0.3 is 0 Å². The molecular weight excluding hydrogens is 291 g/mol. The molecule has 2 aromatic heterocycles. The van der Waals surface area contributed by atoms with Crippen molar-refractivity contribution in [2.45, 2.75) is 13.8 Å². The van der Waals surface area contributed by atoms with Gasteiger partial charge in [-0.05, 0) is 31.2 Å². The SMILES string of the molecule is CC(=O)c1nnn(-c2nc(-c3ccc(F)cc3)cs2)c1C. The van der Waals surface area contributed by atoms with Crippen LogP contribution in [0.3, 0.4) is 0 Å². The van der Waals surface area contributed by atoms with Crippen LogP contribution in [-0.2, 0) is 0 Å². The number of ketones is 1. The number of carbonyl (C=O) groups excluding carboxylic acids is 1. The first-order valence-electron chi connectivity index (χ1n) is 6.21. The second kappa shape index (κ2) is 5.17. The number of benzene rings is 1. The van der Waals surface area contributed by atoms with Gasteiger partial charge in [-0.15, -0.1) is 16.4 Å². The summed E-state index contributed by atoms with van der Waals surface area (Å²) < 4.78 is 14.5. The highest BCUT2D eigenvalue weighted by atomic mass is 32.1. The maximum atomic E-state index is 12.9. The smallest absolute Gasteiger partial charge is 0.212 e. The lowest BCUT2D eigenvalue weighted by Gasteiger charge is -1.98. The van der Waals surface area contributed by atoms with Gasteiger partial charge in [-0.2, -0.15) is 4.68 Å². The number of thiazole rings is 1. The number of hydrogen-bond acceptors (Lipinski definition) is 5. The van der Waals surface area contributed by atoms with Crippen LogP contribution in [0.5, 0.6) is 0 Å². The van der Waals surface area contributed by atoms with E-state index >= 15 is 0 Å². The fraction of sp³-hybridized carbons (Fsp3) is 0.143. The van der Waals surface area contributed by atoms with Crippen LogP contribution >= 0.6 is 11.3 Å². The summed E-state index contributed by atoms with van der Waals surface area (Å²) in [6.45, 7) is 3.23. The molecule has 0 aliphatic carbocycles. The summed E-state index contributed by atoms with van der Waals surface area (Å²) in [4.78, 5) is 15.9. The van der Waals surface area contributed by atoms with E-state index in [9.17, 15) is 9.18 Å². The zero-order valence-corrected chi connectivity index (χ0v) is 12.2. The first-order chi connectivity index (χ1) is 10.1. The molecule has 0 saturated carbocycles. The summed E-state index contributed by atoms with van der Waals surface area (Å²) >= 11 is 1.39. The fourth-order valence-electron chi connectivity index (χ4n) is 1.95. The molecule has 0 radical (unpaired) electrons. The predicted octanol–water partition coefficient (Wildman–Crippen LogP) is 3.04. The zero-order valence-electron chi connectivity index (χ0n) is 11.4. The molecule has 0 spiro atoms. The maximum Gasteiger partial charge on any atom is 0.212 e. The number of aromatic nitrogens is 4. The normalized spacial score (nSPS) is 10.8. The molecule has 21 heavy (non-hydrogen) atoms. The molecule has 0 fully saturated rings. The highest BCUT2D eigenvalue weighted by Crippen LogP contribution is 2.25. The topological polar surface area (TPSA) is 60.7 Å². The standard InChI is InChI=1S/C14H11FN4OS/c1-8-13(9(2)20)17-18-19(8)14-16-12(7-21-14)10-3-5-11(15)6-4-10/h3-7H,1-2H3. The maximum absolute atomic E-state index is 12.9. The van der Waals surface area contributed by atoms with Crippen molar-refractivity contribution in [3.05, 3.63) is 46.9 Å². The molecule has 0 saturated heterocycles. The molecule has 0 bridgehead atoms. The monoisotopic (exact) mass is 302 g/mol. The Morgan fingerprint density at radius 1 is 1.29 bits per heavy atom. The number of rotatable bonds is 3. The molecule has 0 amide bonds. The van der Waals surface area contributed by atoms with Gasteiger partial charge in [0.15, 0.2) is 11.5 Å². The van der Waals surface area contributed by atoms with E-state index in [-0.39, 0.29) is 11.6 Å². The van der Waals surface area contributed by atoms with E-state index in [1.807, 2.05) is 5.38 Å². The summed E-state index contributed by atoms with van der Waals surface area (Å²) in [5.74, 6) is -0.415. The van der Waals surface area contributed by atoms with Crippen molar-refractivity contribution in [2.75, 3.05) is 0 Å². The van der Waals surface area contributed by atoms with E-state index < -0.39 is 0 Å². The first-order valence-corrected chi connectivity index (χ1v) is 7.09. The van der Waals surface area contributed by atoms with Crippen LogP contribution in [0.1, 0.15) is 23.1 Å². The highest BCUT2D eigenvalue weighted by molar-refractivity contribution is 7.12. The molecule has 7 heteroatoms. The minimum Gasteiger partial charge on any atom is -0.293 e. The second-order valence-corrected chi connectivity index (χ2v) is 5.35. The Balaban J connectivity index is 1.99. The zero-order chi connectivity index (χ0) is 15.0. The lowest BCUT2D eigenvalue weighted by Crippen LogP contribution is -2.00. The predicted molar refractivity (Wildman–Crippen MR) is 77.2 cm³/mol. The van der Waals surface area contributed by atoms with Crippen LogP contribution in [0.2, 0.25) is 0 Å². The lowest BCUT2D eigenvalue weighted by atomic mass is 10.2. The van der Waals surface area contributed by atoms with Crippen LogP contribution < -0.4 is 0 Å². The van der Waals surface area contributed by atoms with E-state index in [1.54, 1.807) is 19.1 Å². The van der Waals surface area contributed by atoms with Crippen molar-refractivity contribution in [1.82, 2.24) is 20.0 Å². The average Bonchev–Trinajstić information content (AvgIpc) is 3.06. The van der Waals surface area contributed by atoms with Gasteiger partial charge in [0.05, 0.1) is 11.4 Å². The molecule has 0 unspecified atom stereocenters. The van der Waals surface area contributed by atoms with E-state index in [2.05, 4.69) is 15.3 Å². The quantitative estimate of drug-likeness (QED) is 0.698. The molecule has 1 aromatic carbocycles. The van der Waals surface area contributed by atoms with E-state index in [1.165, 1.54) is 35.1 Å². The molecule has 0 aliphatic heterocycles. The third-order valence-electron chi connectivity index (χ3n) is 3.04. The first kappa shape index (κ1) is 13.6. The van der Waals surface area contributed by atoms with Gasteiger partial charge >= 0.3 is 0 Å². The number of carbonyl (C=O) groups is 1. The van der Waals surface area contributed by atoms with Gasteiger partial charge in [-0.1, -0.05) is 5.21 Å². The van der Waals surface area contributed by atoms with Crippen LogP contribution in [-0.4, -0.2) is 25.8 Å². The third-order valence-corrected chi connectivity index (χ3v) is 3.86. The van der Waals surface area contributed by atoms with Crippen molar-refractivity contribution >= 4 is 17.1 Å². The second-order valence-electron chi connectivity index (χ2n) is 4.51. The molecule has 3 rings (SSSR count). The van der Waals surface area contributed by atoms with Gasteiger partial charge in [0.25, 0.3) is 0 Å². The fourth-order valence-corrected chi connectivity index (χ4v) is 2.78. The molecule has 5 nitrogen and oxygen atoms in total. The van der Waals surface area contributed by atoms with Crippen molar-refractivity contribution in [3.8, 4) is 16.4 Å². The van der Waals surface area contributed by atoms with E-state index in [4.69, 9.17) is 0 Å². The van der Waals surface area contributed by atoms with Gasteiger partial charge in [0, 0.05) is 17.9 Å². The number of hydrogen-bond donors (Lipinski definition) is 0. The lowest BCUT2D eigenvalue weighted by molar-refractivity contribution is 0.101. The van der Waals surface area contributed by atoms with Crippen molar-refractivity contribution in [1.29, 1.82) is 0 Å². The number of Topliss-reactive ketones (excluding diaryl/α,β-unsaturated/α-hetero) is 1. The summed E-state index contributed by atoms with van der Waals surface area (Å²) in [5, 5.41) is 10.3. The Bertz CT molecular complexity index is 807. The molecular formula is C14H11FN4OS. The van der Waals surface area contributed by atoms with Gasteiger partial charge in [-0.3, -0.25) is 4.79 Å². The van der Waals surface area contributed by atoms with Crippen molar-refractivity contribution in [2.24, 2.45) is 0 Å². The van der Waals surface area contributed by atoms with Crippen LogP contribution in [0.4, 0.5) is 4.39 Å². The third kappa shape index (κ3) is 2.47. The highest BCUT2D eigenvalue weighted by Gasteiger charge is 2.16. The van der Waals surface area contributed by atoms with E-state index in [0.29, 0.717) is 16.5 Å². The number of halogens is 1. The largest absolute Gasteiger partial charge is 0.293 e. The van der Waals surface area contributed by atoms with Crippen LogP contribution in [0.25, 0.3) is 16.4 Å². The Morgan fingerprint density at radius 3 is 2.62 bits per heavy atom. The minimum atomic E-state index is -0.285. The van der Waals surface area contributed by atoms with E-state index in [0.717, 1.165) is 11.3 Å². The van der Waals surface area contributed by atoms with Crippen LogP contribution in [0, 0.1) is 12.7 Å². The van der Waals surface area contributed by atoms with Crippen molar-refractivity contribution in [3.63, 3.8) is 0 Å². The molecule has 2 heterocycles. The minimum absolute atomic E-state index is 0.130. The Morgan fingerprint density at radius 2 is 2.00 bits per heavy atom. The van der Waals surface area contributed by atoms with Gasteiger partial charge in [0.2, 0.25) is 5.13 Å². The summed E-state index contributed by atoms with van der Waals surface area (Å²) in [5.41, 5.74) is 2.55. The van der Waals surface area contributed by atoms with Crippen LogP contribution in [0.15, 0.2) is 29.6 Å².